The van der Waals surface area contributed by atoms with Gasteiger partial charge < -0.3 is 5.73 Å². The molecule has 13 heavy (non-hydrogen) atoms. The molecule has 0 aliphatic carbocycles. The van der Waals surface area contributed by atoms with Gasteiger partial charge in [0.2, 0.25) is 0 Å². The van der Waals surface area contributed by atoms with Crippen molar-refractivity contribution in [2.45, 2.75) is 45.4 Å². The highest BCUT2D eigenvalue weighted by atomic mass is 15.1. The van der Waals surface area contributed by atoms with Crippen LogP contribution in [0.15, 0.2) is 6.07 Å². The van der Waals surface area contributed by atoms with Crippen molar-refractivity contribution in [1.29, 1.82) is 0 Å². The maximum Gasteiger partial charge on any atom is 0.145 e. The highest BCUT2D eigenvalue weighted by Crippen LogP contribution is 2.08. The van der Waals surface area contributed by atoms with E-state index in [4.69, 9.17) is 5.73 Å². The van der Waals surface area contributed by atoms with Crippen molar-refractivity contribution < 1.29 is 0 Å². The van der Waals surface area contributed by atoms with E-state index >= 15 is 0 Å². The maximum atomic E-state index is 5.49. The number of nitrogens with two attached hydrogens (primary N) is 1. The Hall–Kier alpha value is -0.990. The molecule has 0 spiro atoms. The van der Waals surface area contributed by atoms with Gasteiger partial charge in [-0.15, -0.1) is 0 Å². The molecular weight excluding hydrogens is 162 g/mol. The molecule has 1 aromatic heterocycles. The Balaban J connectivity index is 2.06. The Morgan fingerprint density at radius 3 is 2.69 bits per heavy atom. The van der Waals surface area contributed by atoms with Gasteiger partial charge in [-0.1, -0.05) is 32.6 Å². The maximum absolute atomic E-state index is 5.49. The number of hydrogen-bond acceptors (Lipinski definition) is 2. The third-order valence-corrected chi connectivity index (χ3v) is 2.20. The van der Waals surface area contributed by atoms with Crippen LogP contribution in [-0.2, 0) is 6.42 Å². The number of nitrogens with one attached hydrogen (secondary N) is 1. The number of aromatic amines is 1. The first-order valence-electron chi connectivity index (χ1n) is 5.12. The number of aryl methyl sites for hydroxylation is 1. The van der Waals surface area contributed by atoms with Gasteiger partial charge >= 0.3 is 0 Å². The summed E-state index contributed by atoms with van der Waals surface area (Å²) in [6.45, 7) is 2.23. The zero-order valence-corrected chi connectivity index (χ0v) is 8.34. The van der Waals surface area contributed by atoms with Gasteiger partial charge in [-0.05, 0) is 12.8 Å². The standard InChI is InChI=1S/C10H19N3/c1-2-3-4-5-6-7-9-8-10(11)13-12-9/h8H,2-7H2,1H3,(H3,11,12,13). The number of hydrogen-bond donors (Lipinski definition) is 2. The first kappa shape index (κ1) is 10.1. The molecule has 1 aromatic rings. The minimum Gasteiger partial charge on any atom is -0.382 e. The third kappa shape index (κ3) is 3.97. The summed E-state index contributed by atoms with van der Waals surface area (Å²) in [5.41, 5.74) is 6.65. The minimum atomic E-state index is 0.601. The molecule has 74 valence electrons. The summed E-state index contributed by atoms with van der Waals surface area (Å²) in [5.74, 6) is 0.601. The number of H-pyrrole nitrogens is 1. The number of nitrogens with zero attached hydrogens (tertiary/aromatic N) is 1. The van der Waals surface area contributed by atoms with Crippen molar-refractivity contribution in [2.75, 3.05) is 5.73 Å². The van der Waals surface area contributed by atoms with Crippen molar-refractivity contribution >= 4 is 5.82 Å². The van der Waals surface area contributed by atoms with E-state index in [2.05, 4.69) is 17.1 Å². The van der Waals surface area contributed by atoms with Crippen molar-refractivity contribution in [3.8, 4) is 0 Å². The van der Waals surface area contributed by atoms with Gasteiger partial charge in [-0.2, -0.15) is 5.10 Å². The molecule has 0 saturated carbocycles. The molecular formula is C10H19N3. The molecule has 0 amide bonds. The number of nitrogen functional groups attached to an aromatic ring is 1. The van der Waals surface area contributed by atoms with Crippen LogP contribution in [0.5, 0.6) is 0 Å². The third-order valence-electron chi connectivity index (χ3n) is 2.20. The summed E-state index contributed by atoms with van der Waals surface area (Å²) in [4.78, 5) is 0. The molecule has 0 bridgehead atoms. The first-order valence-corrected chi connectivity index (χ1v) is 5.12. The molecule has 0 aliphatic rings. The number of aromatic nitrogens is 2. The molecule has 0 radical (unpaired) electrons. The molecule has 0 aliphatic heterocycles. The van der Waals surface area contributed by atoms with E-state index in [0.29, 0.717) is 5.82 Å². The summed E-state index contributed by atoms with van der Waals surface area (Å²) in [5, 5.41) is 6.81. The molecule has 3 heteroatoms. The van der Waals surface area contributed by atoms with Gasteiger partial charge in [0.15, 0.2) is 0 Å². The Kier molecular flexibility index (Phi) is 4.36. The van der Waals surface area contributed by atoms with Crippen LogP contribution in [0.25, 0.3) is 0 Å². The average Bonchev–Trinajstić information content (AvgIpc) is 2.51. The molecule has 3 nitrogen and oxygen atoms in total. The lowest BCUT2D eigenvalue weighted by molar-refractivity contribution is 0.627. The second-order valence-electron chi connectivity index (χ2n) is 3.48. The molecule has 1 rings (SSSR count). The fraction of sp³-hybridized carbons (Fsp3) is 0.700. The molecule has 1 heterocycles. The van der Waals surface area contributed by atoms with Crippen LogP contribution in [0, 0.1) is 0 Å². The number of unbranched alkanes of at least 4 members (excludes halogenated alkanes) is 4. The van der Waals surface area contributed by atoms with Gasteiger partial charge in [0.05, 0.1) is 0 Å². The molecule has 0 aromatic carbocycles. The van der Waals surface area contributed by atoms with E-state index in [1.54, 1.807) is 0 Å². The molecule has 0 atom stereocenters. The van der Waals surface area contributed by atoms with Crippen molar-refractivity contribution in [1.82, 2.24) is 10.2 Å². The summed E-state index contributed by atoms with van der Waals surface area (Å²) in [7, 11) is 0. The van der Waals surface area contributed by atoms with Gasteiger partial charge in [0.1, 0.15) is 5.82 Å². The average molecular weight is 181 g/mol. The second-order valence-corrected chi connectivity index (χ2v) is 3.48. The summed E-state index contributed by atoms with van der Waals surface area (Å²) >= 11 is 0. The smallest absolute Gasteiger partial charge is 0.145 e. The zero-order valence-electron chi connectivity index (χ0n) is 8.34. The van der Waals surface area contributed by atoms with Gasteiger partial charge in [0, 0.05) is 11.8 Å². The van der Waals surface area contributed by atoms with E-state index in [1.807, 2.05) is 6.07 Å². The normalized spacial score (nSPS) is 10.5. The lowest BCUT2D eigenvalue weighted by atomic mass is 10.1. The Morgan fingerprint density at radius 2 is 2.08 bits per heavy atom. The largest absolute Gasteiger partial charge is 0.382 e. The highest BCUT2D eigenvalue weighted by Gasteiger charge is 1.96. The predicted octanol–water partition coefficient (Wildman–Crippen LogP) is 2.50. The van der Waals surface area contributed by atoms with E-state index in [-0.39, 0.29) is 0 Å². The zero-order chi connectivity index (χ0) is 9.52. The van der Waals surface area contributed by atoms with Gasteiger partial charge in [0.25, 0.3) is 0 Å². The van der Waals surface area contributed by atoms with E-state index in [9.17, 15) is 0 Å². The molecule has 0 saturated heterocycles. The number of rotatable bonds is 6. The lowest BCUT2D eigenvalue weighted by Gasteiger charge is -1.97. The van der Waals surface area contributed by atoms with Crippen molar-refractivity contribution in [2.24, 2.45) is 0 Å². The monoisotopic (exact) mass is 181 g/mol. The fourth-order valence-corrected chi connectivity index (χ4v) is 1.43. The topological polar surface area (TPSA) is 54.7 Å². The molecule has 3 N–H and O–H groups in total. The first-order chi connectivity index (χ1) is 6.33. The van der Waals surface area contributed by atoms with Crippen LogP contribution in [-0.4, -0.2) is 10.2 Å². The van der Waals surface area contributed by atoms with Crippen LogP contribution < -0.4 is 5.73 Å². The second kappa shape index (κ2) is 5.62. The van der Waals surface area contributed by atoms with E-state index in [1.165, 1.54) is 32.1 Å². The van der Waals surface area contributed by atoms with Crippen LogP contribution in [0.2, 0.25) is 0 Å². The highest BCUT2D eigenvalue weighted by molar-refractivity contribution is 5.28. The SMILES string of the molecule is CCCCCCCc1cc(N)n[nH]1. The molecule has 0 fully saturated rings. The van der Waals surface area contributed by atoms with Crippen LogP contribution in [0.1, 0.15) is 44.7 Å². The van der Waals surface area contributed by atoms with Crippen LogP contribution in [0.3, 0.4) is 0 Å². The quantitative estimate of drug-likeness (QED) is 0.662. The summed E-state index contributed by atoms with van der Waals surface area (Å²) in [6.07, 6.45) is 7.63. The van der Waals surface area contributed by atoms with Crippen LogP contribution >= 0.6 is 0 Å². The summed E-state index contributed by atoms with van der Waals surface area (Å²) in [6, 6.07) is 1.92. The Bertz CT molecular complexity index is 230. The minimum absolute atomic E-state index is 0.601. The predicted molar refractivity (Wildman–Crippen MR) is 55.5 cm³/mol. The fourth-order valence-electron chi connectivity index (χ4n) is 1.43. The summed E-state index contributed by atoms with van der Waals surface area (Å²) < 4.78 is 0. The Morgan fingerprint density at radius 1 is 1.31 bits per heavy atom. The lowest BCUT2D eigenvalue weighted by Crippen LogP contribution is -1.86. The van der Waals surface area contributed by atoms with Gasteiger partial charge in [-0.3, -0.25) is 5.10 Å². The van der Waals surface area contributed by atoms with Crippen molar-refractivity contribution in [3.05, 3.63) is 11.8 Å². The van der Waals surface area contributed by atoms with E-state index in [0.717, 1.165) is 12.1 Å². The van der Waals surface area contributed by atoms with E-state index < -0.39 is 0 Å². The van der Waals surface area contributed by atoms with Gasteiger partial charge in [-0.25, -0.2) is 0 Å². The molecule has 0 unspecified atom stereocenters. The van der Waals surface area contributed by atoms with Crippen LogP contribution in [0.4, 0.5) is 5.82 Å². The number of anilines is 1. The Labute approximate surface area is 79.7 Å². The van der Waals surface area contributed by atoms with Crippen molar-refractivity contribution in [3.63, 3.8) is 0 Å².